The lowest BCUT2D eigenvalue weighted by Gasteiger charge is -2.37. The smallest absolute Gasteiger partial charge is 0.255 e. The van der Waals surface area contributed by atoms with E-state index in [0.717, 1.165) is 185 Å². The molecule has 7 aliphatic carbocycles. The fourth-order valence-corrected chi connectivity index (χ4v) is 20.5. The number of hydrogen-bond acceptors (Lipinski definition) is 19. The van der Waals surface area contributed by atoms with Gasteiger partial charge in [0.05, 0.1) is 34.4 Å². The lowest BCUT2D eigenvalue weighted by molar-refractivity contribution is 0.0704. The largest absolute Gasteiger partial charge is 0.383 e. The van der Waals surface area contributed by atoms with Gasteiger partial charge in [0.15, 0.2) is 0 Å². The molecule has 6 aromatic heterocycles. The average molecular weight is 1780 g/mol. The van der Waals surface area contributed by atoms with Gasteiger partial charge in [-0.05, 0) is 245 Å². The standard InChI is InChI=1S/C21H22N6O2.C21H29N3O2.C20H29N3O3.C20H27N3O2.C19H27N3O2/c1-25-13-18(16-4-3-5-17(16)19(25)28)20(29)26(2)15-7-10-27(11-8-15)21-23-9-6-14(12-22)24-21;1-22(11-8-15-9-12-24(13-10-15)16-6-7-16)21(26)19-14-23(2)20(25)18-5-3-4-17(18)19;1-21(13-15-7-9-23(10-8-15)11-12-26-3)20(25)18-14-22(2)19(24)17-6-4-5-16(17)18;1-21(12-14-8-10-23(11-9-14)15-6-7-15)20(25)18-13-22(2)19(24)17-5-3-4-16(17)18;1-4-22-10-8-14(9-11-22)12-20(2)19(24)17-13-21(3)18(23)16-7-5-6-15(16)17/h3-4,6,9,13,15H,5,7-8,10-11H2,1-2H3;3-4,14-16H,5-13H2,1-2H3;4-5,14-15H,6-13H2,1-3H3;3-4,13-15H,5-12H2,1-2H3;5-6,13-14H,4,7-12H2,1-3H3. The number of allylic oxidation sites excluding steroid dienone is 5. The maximum absolute atomic E-state index is 13.2. The minimum atomic E-state index is -0.0652. The third-order valence-corrected chi connectivity index (χ3v) is 28.9. The summed E-state index contributed by atoms with van der Waals surface area (Å²) < 4.78 is 12.8. The van der Waals surface area contributed by atoms with E-state index in [9.17, 15) is 47.9 Å². The molecule has 5 amide bonds. The van der Waals surface area contributed by atoms with Crippen molar-refractivity contribution in [3.05, 3.63) is 215 Å². The van der Waals surface area contributed by atoms with Crippen LogP contribution in [0.3, 0.4) is 0 Å². The SMILES string of the molecule is CCN1CCC(CN(C)C(=O)c2cn(C)c(=O)c3c2C=CC3)CC1.CN(C(=O)c1cn(C)c(=O)c2c1C=CC2)C1CCN(c2nccc(C#N)n2)CC1.CN(CC1CCN(C2CC2)CC1)C(=O)c1cn(C)c(=O)c2c1C=CC2.CN(CCC1CCN(C2CC2)CC1)C(=O)c1cn(C)c(=O)c2c1C=CC2.COCCN1CCC(CN(C)C(=O)c2cn(C)c(=O)c3c2C=CC3)CC1. The first-order chi connectivity index (χ1) is 62.6. The summed E-state index contributed by atoms with van der Waals surface area (Å²) in [4.78, 5) is 156. The molecule has 5 aliphatic heterocycles. The van der Waals surface area contributed by atoms with Crippen LogP contribution in [-0.4, -0.2) is 278 Å². The number of hydrogen-bond donors (Lipinski definition) is 0. The highest BCUT2D eigenvalue weighted by Gasteiger charge is 2.37. The van der Waals surface area contributed by atoms with Crippen LogP contribution in [0.5, 0.6) is 0 Å². The Morgan fingerprint density at radius 2 is 0.746 bits per heavy atom. The van der Waals surface area contributed by atoms with E-state index in [1.54, 1.807) is 99.6 Å². The molecule has 6 aromatic rings. The Labute approximate surface area is 764 Å². The molecular weight excluding hydrogens is 1640 g/mol. The van der Waals surface area contributed by atoms with Crippen molar-refractivity contribution >= 4 is 65.9 Å². The van der Waals surface area contributed by atoms with Crippen molar-refractivity contribution in [2.45, 2.75) is 153 Å². The topological polar surface area (TPSA) is 287 Å². The summed E-state index contributed by atoms with van der Waals surface area (Å²) in [5.41, 5.74) is 11.2. The molecule has 18 rings (SSSR count). The van der Waals surface area contributed by atoms with E-state index in [-0.39, 0.29) is 63.4 Å². The number of amides is 5. The van der Waals surface area contributed by atoms with Crippen LogP contribution in [0.2, 0.25) is 0 Å². The monoisotopic (exact) mass is 1780 g/mol. The van der Waals surface area contributed by atoms with Gasteiger partial charge in [-0.15, -0.1) is 0 Å². The van der Waals surface area contributed by atoms with Gasteiger partial charge >= 0.3 is 0 Å². The number of anilines is 1. The summed E-state index contributed by atoms with van der Waals surface area (Å²) in [6.45, 7) is 18.8. The zero-order chi connectivity index (χ0) is 92.3. The highest BCUT2D eigenvalue weighted by Crippen LogP contribution is 2.36. The third-order valence-electron chi connectivity index (χ3n) is 28.9. The van der Waals surface area contributed by atoms with Gasteiger partial charge in [-0.2, -0.15) is 5.26 Å². The molecule has 0 spiro atoms. The zero-order valence-corrected chi connectivity index (χ0v) is 78.6. The first-order valence-corrected chi connectivity index (χ1v) is 47.2. The van der Waals surface area contributed by atoms with Crippen molar-refractivity contribution in [2.24, 2.45) is 58.9 Å². The van der Waals surface area contributed by atoms with Crippen LogP contribution in [0.1, 0.15) is 216 Å². The van der Waals surface area contributed by atoms with Gasteiger partial charge in [0.1, 0.15) is 11.8 Å². The van der Waals surface area contributed by atoms with E-state index in [0.29, 0.717) is 108 Å². The Bertz CT molecular complexity index is 5690. The van der Waals surface area contributed by atoms with E-state index < -0.39 is 0 Å². The third kappa shape index (κ3) is 22.2. The normalized spacial score (nSPS) is 18.4. The van der Waals surface area contributed by atoms with Crippen molar-refractivity contribution < 1.29 is 28.7 Å². The van der Waals surface area contributed by atoms with Gasteiger partial charge in [0.25, 0.3) is 57.3 Å². The van der Waals surface area contributed by atoms with Gasteiger partial charge in [-0.3, -0.25) is 47.9 Å². The van der Waals surface area contributed by atoms with E-state index >= 15 is 0 Å². The number of piperidine rings is 5. The average Bonchev–Trinajstić information content (AvgIpc) is 1.57. The predicted octanol–water partition coefficient (Wildman–Crippen LogP) is 8.69. The van der Waals surface area contributed by atoms with Crippen molar-refractivity contribution in [3.8, 4) is 6.07 Å². The number of carbonyl (C=O) groups is 5. The second kappa shape index (κ2) is 42.9. The summed E-state index contributed by atoms with van der Waals surface area (Å²) in [6, 6.07) is 5.44. The summed E-state index contributed by atoms with van der Waals surface area (Å²) in [6.07, 6.45) is 50.0. The van der Waals surface area contributed by atoms with E-state index in [2.05, 4.69) is 36.5 Å². The van der Waals surface area contributed by atoms with Crippen LogP contribution >= 0.6 is 0 Å². The van der Waals surface area contributed by atoms with Crippen molar-refractivity contribution in [1.29, 1.82) is 5.26 Å². The van der Waals surface area contributed by atoms with Gasteiger partial charge in [0.2, 0.25) is 5.95 Å². The molecular formula is C101H134N18O11. The van der Waals surface area contributed by atoms with Gasteiger partial charge < -0.3 is 76.6 Å². The van der Waals surface area contributed by atoms with Crippen LogP contribution in [0.4, 0.5) is 5.95 Å². The lowest BCUT2D eigenvalue weighted by atomic mass is 9.93. The molecule has 130 heavy (non-hydrogen) atoms. The highest BCUT2D eigenvalue weighted by atomic mass is 16.5. The van der Waals surface area contributed by atoms with E-state index in [1.807, 2.05) is 127 Å². The minimum absolute atomic E-state index is 0.00106. The Morgan fingerprint density at radius 3 is 1.08 bits per heavy atom. The number of ether oxygens (including phenoxy) is 1. The molecule has 0 bridgehead atoms. The van der Waals surface area contributed by atoms with Crippen LogP contribution < -0.4 is 32.7 Å². The number of rotatable bonds is 22. The fourth-order valence-electron chi connectivity index (χ4n) is 20.5. The molecule has 7 fully saturated rings. The Morgan fingerprint density at radius 1 is 0.423 bits per heavy atom. The van der Waals surface area contributed by atoms with Crippen LogP contribution in [0.25, 0.3) is 30.4 Å². The summed E-state index contributed by atoms with van der Waals surface area (Å²) in [5, 5.41) is 9.02. The van der Waals surface area contributed by atoms with Crippen LogP contribution in [-0.2, 0) is 72.1 Å². The minimum Gasteiger partial charge on any atom is -0.383 e. The number of likely N-dealkylation sites (tertiary alicyclic amines) is 4. The second-order valence-corrected chi connectivity index (χ2v) is 37.9. The molecule has 694 valence electrons. The first kappa shape index (κ1) is 95.1. The molecule has 0 unspecified atom stereocenters. The Hall–Kier alpha value is -11.0. The fraction of sp³-hybridized carbons (Fsp3) is 0.554. The maximum atomic E-state index is 13.2. The number of nitriles is 1. The van der Waals surface area contributed by atoms with E-state index in [1.165, 1.54) is 91.2 Å². The number of pyridine rings is 5. The summed E-state index contributed by atoms with van der Waals surface area (Å²) in [7, 11) is 19.7. The molecule has 11 heterocycles. The van der Waals surface area contributed by atoms with Crippen LogP contribution in [0.15, 0.2) is 97.6 Å². The summed E-state index contributed by atoms with van der Waals surface area (Å²) >= 11 is 0. The molecule has 29 nitrogen and oxygen atoms in total. The molecule has 0 atom stereocenters. The van der Waals surface area contributed by atoms with Gasteiger partial charge in [-0.1, -0.05) is 67.7 Å². The number of fused-ring (bicyclic) bond motifs is 5. The van der Waals surface area contributed by atoms with Crippen LogP contribution in [0, 0.1) is 35.0 Å². The van der Waals surface area contributed by atoms with Gasteiger partial charge in [-0.25, -0.2) is 9.97 Å². The Kier molecular flexibility index (Phi) is 31.4. The van der Waals surface area contributed by atoms with Crippen molar-refractivity contribution in [1.82, 2.24) is 76.9 Å². The molecule has 0 radical (unpaired) electrons. The number of aryl methyl sites for hydroxylation is 5. The van der Waals surface area contributed by atoms with Crippen molar-refractivity contribution in [2.75, 3.05) is 159 Å². The maximum Gasteiger partial charge on any atom is 0.255 e. The molecule has 12 aliphatic rings. The summed E-state index contributed by atoms with van der Waals surface area (Å²) in [5.74, 6) is 2.98. The molecule has 5 saturated heterocycles. The molecule has 2 saturated carbocycles. The quantitative estimate of drug-likeness (QED) is 0.0614. The molecule has 0 aromatic carbocycles. The predicted molar refractivity (Wildman–Crippen MR) is 509 cm³/mol. The number of nitrogens with zero attached hydrogens (tertiary/aromatic N) is 18. The second-order valence-electron chi connectivity index (χ2n) is 37.9. The highest BCUT2D eigenvalue weighted by molar-refractivity contribution is 6.01. The number of aromatic nitrogens is 7. The first-order valence-electron chi connectivity index (χ1n) is 47.2. The number of methoxy groups -OCH3 is 1. The molecule has 0 N–H and O–H groups in total. The lowest BCUT2D eigenvalue weighted by Crippen LogP contribution is -2.46. The molecule has 29 heteroatoms. The Balaban J connectivity index is 0.000000131. The van der Waals surface area contributed by atoms with Gasteiger partial charge in [0, 0.05) is 207 Å². The van der Waals surface area contributed by atoms with E-state index in [4.69, 9.17) is 10.00 Å². The number of carbonyl (C=O) groups excluding carboxylic acids is 5. The zero-order valence-electron chi connectivity index (χ0n) is 78.6. The van der Waals surface area contributed by atoms with Crippen molar-refractivity contribution in [3.63, 3.8) is 0 Å².